The molecule has 1 amide bonds. The average molecular weight is 252 g/mol. The van der Waals surface area contributed by atoms with Crippen molar-refractivity contribution in [2.45, 2.75) is 6.92 Å². The molecule has 0 spiro atoms. The number of benzene rings is 1. The SMILES string of the molecule is CC(=O)[N-]Oc1[c-]cccc1.[Rh+2]. The number of nitrogens with zero attached hydrogens (tertiary/aromatic N) is 1. The molecule has 0 saturated heterocycles. The van der Waals surface area contributed by atoms with E-state index in [0.29, 0.717) is 5.75 Å². The molecule has 0 unspecified atom stereocenters. The Labute approximate surface area is 83.8 Å². The molecule has 1 aromatic rings. The van der Waals surface area contributed by atoms with Gasteiger partial charge >= 0.3 is 19.5 Å². The summed E-state index contributed by atoms with van der Waals surface area (Å²) in [7, 11) is 0. The van der Waals surface area contributed by atoms with Gasteiger partial charge in [-0.2, -0.15) is 18.2 Å². The van der Waals surface area contributed by atoms with E-state index >= 15 is 0 Å². The summed E-state index contributed by atoms with van der Waals surface area (Å²) in [6.45, 7) is 1.32. The van der Waals surface area contributed by atoms with Crippen molar-refractivity contribution in [1.82, 2.24) is 0 Å². The molecule has 3 nitrogen and oxygen atoms in total. The maximum Gasteiger partial charge on any atom is 2.00 e. The van der Waals surface area contributed by atoms with Gasteiger partial charge in [-0.3, -0.25) is 0 Å². The number of rotatable bonds is 2. The normalized spacial score (nSPS) is 8.08. The zero-order valence-corrected chi connectivity index (χ0v) is 8.05. The van der Waals surface area contributed by atoms with E-state index in [-0.39, 0.29) is 25.4 Å². The molecule has 0 heterocycles. The van der Waals surface area contributed by atoms with Gasteiger partial charge in [-0.05, 0) is 12.7 Å². The van der Waals surface area contributed by atoms with Crippen LogP contribution in [0.1, 0.15) is 6.92 Å². The van der Waals surface area contributed by atoms with Crippen molar-refractivity contribution in [3.63, 3.8) is 0 Å². The average Bonchev–Trinajstić information content (AvgIpc) is 2.03. The Morgan fingerprint density at radius 2 is 2.33 bits per heavy atom. The molecule has 0 bridgehead atoms. The van der Waals surface area contributed by atoms with E-state index in [2.05, 4.69) is 16.4 Å². The molecule has 0 aliphatic rings. The van der Waals surface area contributed by atoms with Crippen LogP contribution in [0.5, 0.6) is 5.75 Å². The molecule has 1 aromatic carbocycles. The van der Waals surface area contributed by atoms with Crippen molar-refractivity contribution in [2.24, 2.45) is 0 Å². The van der Waals surface area contributed by atoms with Crippen LogP contribution in [-0.2, 0) is 24.3 Å². The fraction of sp³-hybridized carbons (Fsp3) is 0.125. The Bertz CT molecular complexity index is 238. The molecule has 1 radical (unpaired) electrons. The van der Waals surface area contributed by atoms with Crippen LogP contribution >= 0.6 is 0 Å². The number of hydroxylamine groups is 1. The van der Waals surface area contributed by atoms with E-state index in [1.807, 2.05) is 0 Å². The van der Waals surface area contributed by atoms with Crippen molar-refractivity contribution in [2.75, 3.05) is 0 Å². The zero-order chi connectivity index (χ0) is 8.10. The minimum Gasteiger partial charge on any atom is -0.578 e. The van der Waals surface area contributed by atoms with E-state index in [9.17, 15) is 4.79 Å². The van der Waals surface area contributed by atoms with Gasteiger partial charge < -0.3 is 15.1 Å². The Hall–Kier alpha value is -0.887. The van der Waals surface area contributed by atoms with Gasteiger partial charge in [-0.1, -0.05) is 0 Å². The molecular weight excluding hydrogens is 245 g/mol. The van der Waals surface area contributed by atoms with Gasteiger partial charge in [0.15, 0.2) is 0 Å². The molecular formula is C8H7NO2Rh. The molecule has 0 aliphatic carbocycles. The minimum absolute atomic E-state index is 0. The van der Waals surface area contributed by atoms with Gasteiger partial charge in [0.1, 0.15) is 0 Å². The van der Waals surface area contributed by atoms with Gasteiger partial charge in [-0.15, -0.1) is 12.1 Å². The second-order valence-electron chi connectivity index (χ2n) is 1.93. The van der Waals surface area contributed by atoms with Crippen LogP contribution in [0, 0.1) is 6.07 Å². The third-order valence-electron chi connectivity index (χ3n) is 0.953. The molecule has 1 rings (SSSR count). The summed E-state index contributed by atoms with van der Waals surface area (Å²) >= 11 is 0. The predicted molar refractivity (Wildman–Crippen MR) is 39.9 cm³/mol. The van der Waals surface area contributed by atoms with Crippen LogP contribution in [0.25, 0.3) is 5.48 Å². The van der Waals surface area contributed by atoms with Crippen LogP contribution in [0.3, 0.4) is 0 Å². The summed E-state index contributed by atoms with van der Waals surface area (Å²) in [4.78, 5) is 15.0. The maximum atomic E-state index is 10.3. The van der Waals surface area contributed by atoms with Gasteiger partial charge in [-0.25, -0.2) is 0 Å². The third-order valence-corrected chi connectivity index (χ3v) is 0.953. The summed E-state index contributed by atoms with van der Waals surface area (Å²) in [5.41, 5.74) is 3.22. The topological polar surface area (TPSA) is 40.4 Å². The summed E-state index contributed by atoms with van der Waals surface area (Å²) in [6.07, 6.45) is 0. The van der Waals surface area contributed by atoms with E-state index in [1.54, 1.807) is 24.3 Å². The number of hydrogen-bond donors (Lipinski definition) is 0. The van der Waals surface area contributed by atoms with Crippen LogP contribution in [0.4, 0.5) is 0 Å². The number of para-hydroxylation sites is 1. The maximum absolute atomic E-state index is 10.3. The number of carbonyl (C=O) groups excluding carboxylic acids is 1. The van der Waals surface area contributed by atoms with Crippen molar-refractivity contribution in [3.8, 4) is 5.75 Å². The quantitative estimate of drug-likeness (QED) is 0.456. The Balaban J connectivity index is 0.00000121. The van der Waals surface area contributed by atoms with Crippen molar-refractivity contribution < 1.29 is 29.1 Å². The number of amides is 1. The van der Waals surface area contributed by atoms with E-state index in [0.717, 1.165) is 0 Å². The second kappa shape index (κ2) is 5.72. The fourth-order valence-corrected chi connectivity index (χ4v) is 0.547. The molecule has 65 valence electrons. The fourth-order valence-electron chi connectivity index (χ4n) is 0.547. The largest absolute Gasteiger partial charge is 2.00 e. The van der Waals surface area contributed by atoms with E-state index in [1.165, 1.54) is 6.92 Å². The smallest absolute Gasteiger partial charge is 0.578 e. The van der Waals surface area contributed by atoms with Crippen molar-refractivity contribution in [1.29, 1.82) is 0 Å². The second-order valence-corrected chi connectivity index (χ2v) is 1.93. The molecule has 0 aliphatic heterocycles. The van der Waals surface area contributed by atoms with Crippen molar-refractivity contribution in [3.05, 3.63) is 35.8 Å². The van der Waals surface area contributed by atoms with E-state index in [4.69, 9.17) is 0 Å². The van der Waals surface area contributed by atoms with Crippen molar-refractivity contribution >= 4 is 5.91 Å². The van der Waals surface area contributed by atoms with Gasteiger partial charge in [0.25, 0.3) is 0 Å². The van der Waals surface area contributed by atoms with E-state index < -0.39 is 0 Å². The predicted octanol–water partition coefficient (Wildman–Crippen LogP) is 1.70. The summed E-state index contributed by atoms with van der Waals surface area (Å²) in [5, 5.41) is 0. The first-order chi connectivity index (χ1) is 5.29. The third kappa shape index (κ3) is 4.09. The molecule has 12 heavy (non-hydrogen) atoms. The minimum atomic E-state index is -0.359. The van der Waals surface area contributed by atoms with Crippen LogP contribution in [0.2, 0.25) is 0 Å². The Morgan fingerprint density at radius 3 is 2.83 bits per heavy atom. The molecule has 0 saturated carbocycles. The Morgan fingerprint density at radius 1 is 1.58 bits per heavy atom. The van der Waals surface area contributed by atoms with Gasteiger partial charge in [0, 0.05) is 0 Å². The first-order valence-corrected chi connectivity index (χ1v) is 3.14. The summed E-state index contributed by atoms with van der Waals surface area (Å²) in [6, 6.07) is 9.70. The molecule has 0 atom stereocenters. The molecule has 4 heteroatoms. The first-order valence-electron chi connectivity index (χ1n) is 3.14. The van der Waals surface area contributed by atoms with Crippen LogP contribution in [0.15, 0.2) is 24.3 Å². The monoisotopic (exact) mass is 252 g/mol. The Kier molecular flexibility index (Phi) is 5.30. The van der Waals surface area contributed by atoms with Crippen LogP contribution < -0.4 is 4.84 Å². The summed E-state index contributed by atoms with van der Waals surface area (Å²) < 4.78 is 0. The van der Waals surface area contributed by atoms with Gasteiger partial charge in [0.2, 0.25) is 0 Å². The standard InChI is InChI=1S/C8H8NO2.Rh/c1-7(10)9-11-8-5-3-2-4-6-8;/h2-5H,1H3,(H,9,10);/q-1;+2/p-1. The first kappa shape index (κ1) is 11.1. The molecule has 0 fully saturated rings. The summed E-state index contributed by atoms with van der Waals surface area (Å²) in [5.74, 6) is 0.0879. The zero-order valence-electron chi connectivity index (χ0n) is 6.41. The molecule has 0 N–H and O–H groups in total. The van der Waals surface area contributed by atoms with Gasteiger partial charge in [0.05, 0.1) is 5.91 Å². The number of hydrogen-bond acceptors (Lipinski definition) is 2. The molecule has 0 aromatic heterocycles. The number of carbonyl (C=O) groups is 1. The van der Waals surface area contributed by atoms with Crippen LogP contribution in [-0.4, -0.2) is 5.91 Å².